The van der Waals surface area contributed by atoms with Crippen LogP contribution >= 0.6 is 0 Å². The van der Waals surface area contributed by atoms with Crippen molar-refractivity contribution >= 4 is 11.9 Å². The number of carboxylic acid groups (broad SMARTS) is 1. The van der Waals surface area contributed by atoms with Crippen LogP contribution in [-0.4, -0.2) is 48.8 Å². The number of carbonyl (C=O) groups is 2. The van der Waals surface area contributed by atoms with Crippen LogP contribution in [0.2, 0.25) is 0 Å². The van der Waals surface area contributed by atoms with Crippen molar-refractivity contribution in [1.82, 2.24) is 10.6 Å². The molecule has 0 aromatic carbocycles. The minimum Gasteiger partial charge on any atom is -0.480 e. The number of hydrogen-bond donors (Lipinski definition) is 3. The Morgan fingerprint density at radius 1 is 1.19 bits per heavy atom. The lowest BCUT2D eigenvalue weighted by atomic mass is 9.88. The minimum absolute atomic E-state index is 0.0831. The van der Waals surface area contributed by atoms with Gasteiger partial charge in [0.15, 0.2) is 0 Å². The molecule has 124 valence electrons. The summed E-state index contributed by atoms with van der Waals surface area (Å²) in [7, 11) is 1.59. The fourth-order valence-electron chi connectivity index (χ4n) is 1.69. The maximum atomic E-state index is 12.1. The van der Waals surface area contributed by atoms with Crippen LogP contribution in [-0.2, 0) is 14.3 Å². The van der Waals surface area contributed by atoms with E-state index in [-0.39, 0.29) is 11.5 Å². The summed E-state index contributed by atoms with van der Waals surface area (Å²) in [6.45, 7) is 10.5. The molecule has 0 heterocycles. The molecule has 1 unspecified atom stereocenters. The second-order valence-electron chi connectivity index (χ2n) is 6.82. The van der Waals surface area contributed by atoms with Gasteiger partial charge in [-0.3, -0.25) is 9.59 Å². The molecule has 0 aromatic rings. The van der Waals surface area contributed by atoms with Crippen molar-refractivity contribution < 1.29 is 19.4 Å². The molecule has 6 nitrogen and oxygen atoms in total. The standard InChI is InChI=1S/C15H30N2O4/c1-14(2,3)21-10-8-15(4,5)13(20)17-9-7-11(16-6)12(18)19/h11,16H,7-10H2,1-6H3,(H,17,20)(H,18,19). The van der Waals surface area contributed by atoms with Crippen LogP contribution in [0, 0.1) is 5.41 Å². The molecular weight excluding hydrogens is 272 g/mol. The Morgan fingerprint density at radius 2 is 1.76 bits per heavy atom. The van der Waals surface area contributed by atoms with E-state index in [0.717, 1.165) is 0 Å². The first kappa shape index (κ1) is 19.9. The quantitative estimate of drug-likeness (QED) is 0.599. The van der Waals surface area contributed by atoms with Crippen LogP contribution < -0.4 is 10.6 Å². The summed E-state index contributed by atoms with van der Waals surface area (Å²) >= 11 is 0. The lowest BCUT2D eigenvalue weighted by Crippen LogP contribution is -2.42. The largest absolute Gasteiger partial charge is 0.480 e. The molecule has 0 saturated carbocycles. The van der Waals surface area contributed by atoms with E-state index >= 15 is 0 Å². The third-order valence-electron chi connectivity index (χ3n) is 3.24. The Labute approximate surface area is 127 Å². The molecule has 3 N–H and O–H groups in total. The molecule has 0 radical (unpaired) electrons. The molecule has 0 bridgehead atoms. The van der Waals surface area contributed by atoms with Crippen molar-refractivity contribution in [2.24, 2.45) is 5.41 Å². The smallest absolute Gasteiger partial charge is 0.320 e. The van der Waals surface area contributed by atoms with Gasteiger partial charge in [-0.1, -0.05) is 13.8 Å². The first-order valence-electron chi connectivity index (χ1n) is 7.32. The van der Waals surface area contributed by atoms with Crippen molar-refractivity contribution in [2.75, 3.05) is 20.2 Å². The van der Waals surface area contributed by atoms with E-state index in [4.69, 9.17) is 9.84 Å². The minimum atomic E-state index is -0.912. The number of carboxylic acids is 1. The van der Waals surface area contributed by atoms with Gasteiger partial charge in [0.05, 0.1) is 5.60 Å². The number of likely N-dealkylation sites (N-methyl/N-ethyl adjacent to an activating group) is 1. The number of ether oxygens (including phenoxy) is 1. The van der Waals surface area contributed by atoms with Gasteiger partial charge in [0.25, 0.3) is 0 Å². The van der Waals surface area contributed by atoms with Gasteiger partial charge in [-0.2, -0.15) is 0 Å². The summed E-state index contributed by atoms with van der Waals surface area (Å²) in [5.74, 6) is -0.996. The zero-order chi connectivity index (χ0) is 16.7. The van der Waals surface area contributed by atoms with Crippen LogP contribution in [0.4, 0.5) is 0 Å². The molecule has 1 amide bonds. The van der Waals surface area contributed by atoms with Crippen LogP contribution in [0.3, 0.4) is 0 Å². The highest BCUT2D eigenvalue weighted by Crippen LogP contribution is 2.22. The molecule has 0 spiro atoms. The van der Waals surface area contributed by atoms with Gasteiger partial charge in [0, 0.05) is 18.6 Å². The summed E-state index contributed by atoms with van der Waals surface area (Å²) in [6.07, 6.45) is 0.969. The first-order valence-corrected chi connectivity index (χ1v) is 7.32. The van der Waals surface area contributed by atoms with Crippen LogP contribution in [0.25, 0.3) is 0 Å². The van der Waals surface area contributed by atoms with Crippen molar-refractivity contribution in [3.8, 4) is 0 Å². The van der Waals surface area contributed by atoms with Gasteiger partial charge >= 0.3 is 5.97 Å². The SMILES string of the molecule is CNC(CCNC(=O)C(C)(C)CCOC(C)(C)C)C(=O)O. The predicted molar refractivity (Wildman–Crippen MR) is 82.2 cm³/mol. The number of rotatable bonds is 9. The fourth-order valence-corrected chi connectivity index (χ4v) is 1.69. The Hall–Kier alpha value is -1.14. The molecule has 0 aliphatic heterocycles. The summed E-state index contributed by atoms with van der Waals surface area (Å²) < 4.78 is 5.64. The zero-order valence-corrected chi connectivity index (χ0v) is 14.1. The number of hydrogen-bond acceptors (Lipinski definition) is 4. The highest BCUT2D eigenvalue weighted by molar-refractivity contribution is 5.81. The lowest BCUT2D eigenvalue weighted by molar-refractivity contribution is -0.139. The molecule has 0 aromatic heterocycles. The van der Waals surface area contributed by atoms with E-state index in [0.29, 0.717) is 26.0 Å². The number of amides is 1. The maximum Gasteiger partial charge on any atom is 0.320 e. The fraction of sp³-hybridized carbons (Fsp3) is 0.867. The van der Waals surface area contributed by atoms with Crippen molar-refractivity contribution in [2.45, 2.75) is 59.1 Å². The summed E-state index contributed by atoms with van der Waals surface area (Å²) in [5.41, 5.74) is -0.752. The van der Waals surface area contributed by atoms with Crippen LogP contribution in [0.15, 0.2) is 0 Å². The Balaban J connectivity index is 4.15. The van der Waals surface area contributed by atoms with E-state index in [1.807, 2.05) is 34.6 Å². The van der Waals surface area contributed by atoms with Gasteiger partial charge in [-0.15, -0.1) is 0 Å². The number of nitrogens with one attached hydrogen (secondary N) is 2. The van der Waals surface area contributed by atoms with Crippen molar-refractivity contribution in [3.63, 3.8) is 0 Å². The van der Waals surface area contributed by atoms with Crippen molar-refractivity contribution in [1.29, 1.82) is 0 Å². The maximum absolute atomic E-state index is 12.1. The van der Waals surface area contributed by atoms with E-state index in [9.17, 15) is 9.59 Å². The van der Waals surface area contributed by atoms with E-state index in [1.54, 1.807) is 7.05 Å². The molecule has 1 atom stereocenters. The van der Waals surface area contributed by atoms with Gasteiger partial charge in [0.1, 0.15) is 6.04 Å². The molecule has 6 heteroatoms. The van der Waals surface area contributed by atoms with Crippen LogP contribution in [0.5, 0.6) is 0 Å². The molecule has 0 aliphatic rings. The van der Waals surface area contributed by atoms with E-state index in [1.165, 1.54) is 0 Å². The number of aliphatic carboxylic acids is 1. The zero-order valence-electron chi connectivity index (χ0n) is 14.1. The number of carbonyl (C=O) groups excluding carboxylic acids is 1. The highest BCUT2D eigenvalue weighted by atomic mass is 16.5. The topological polar surface area (TPSA) is 87.7 Å². The average Bonchev–Trinajstić information content (AvgIpc) is 2.31. The highest BCUT2D eigenvalue weighted by Gasteiger charge is 2.28. The van der Waals surface area contributed by atoms with Gasteiger partial charge in [-0.05, 0) is 40.7 Å². The van der Waals surface area contributed by atoms with Crippen LogP contribution in [0.1, 0.15) is 47.5 Å². The van der Waals surface area contributed by atoms with E-state index < -0.39 is 17.4 Å². The van der Waals surface area contributed by atoms with E-state index in [2.05, 4.69) is 10.6 Å². The molecular formula is C15H30N2O4. The normalized spacial score (nSPS) is 13.8. The third-order valence-corrected chi connectivity index (χ3v) is 3.24. The second kappa shape index (κ2) is 8.34. The summed E-state index contributed by atoms with van der Waals surface area (Å²) in [6, 6.07) is -0.641. The molecule has 0 aliphatic carbocycles. The monoisotopic (exact) mass is 302 g/mol. The Kier molecular flexibility index (Phi) is 7.89. The molecule has 0 saturated heterocycles. The predicted octanol–water partition coefficient (Wildman–Crippen LogP) is 1.40. The van der Waals surface area contributed by atoms with Gasteiger partial charge in [0.2, 0.25) is 5.91 Å². The van der Waals surface area contributed by atoms with Crippen molar-refractivity contribution in [3.05, 3.63) is 0 Å². The molecule has 21 heavy (non-hydrogen) atoms. The average molecular weight is 302 g/mol. The molecule has 0 rings (SSSR count). The summed E-state index contributed by atoms with van der Waals surface area (Å²) in [4.78, 5) is 23.0. The Morgan fingerprint density at radius 3 is 2.19 bits per heavy atom. The van der Waals surface area contributed by atoms with Gasteiger partial charge < -0.3 is 20.5 Å². The Bertz CT molecular complexity index is 348. The third kappa shape index (κ3) is 8.67. The first-order chi connectivity index (χ1) is 9.49. The summed E-state index contributed by atoms with van der Waals surface area (Å²) in [5, 5.41) is 14.4. The second-order valence-corrected chi connectivity index (χ2v) is 6.82. The lowest BCUT2D eigenvalue weighted by Gasteiger charge is -2.26. The van der Waals surface area contributed by atoms with Gasteiger partial charge in [-0.25, -0.2) is 0 Å². The molecule has 0 fully saturated rings.